The number of para-hydroxylation sites is 1. The van der Waals surface area contributed by atoms with Gasteiger partial charge in [-0.15, -0.1) is 0 Å². The van der Waals surface area contributed by atoms with E-state index in [-0.39, 0.29) is 5.91 Å². The van der Waals surface area contributed by atoms with E-state index >= 15 is 0 Å². The molecule has 0 radical (unpaired) electrons. The Morgan fingerprint density at radius 2 is 1.88 bits per heavy atom. The van der Waals surface area contributed by atoms with Crippen LogP contribution in [0.1, 0.15) is 28.7 Å². The monoisotopic (exact) mass is 345 g/mol. The van der Waals surface area contributed by atoms with Crippen LogP contribution in [0.4, 0.5) is 0 Å². The first kappa shape index (κ1) is 16.6. The van der Waals surface area contributed by atoms with Gasteiger partial charge in [0.05, 0.1) is 18.3 Å². The van der Waals surface area contributed by atoms with Crippen LogP contribution in [0, 0.1) is 0 Å². The number of carbonyl (C=O) groups is 1. The van der Waals surface area contributed by atoms with Gasteiger partial charge in [-0.3, -0.25) is 4.79 Å². The van der Waals surface area contributed by atoms with Gasteiger partial charge < -0.3 is 4.90 Å². The Morgan fingerprint density at radius 3 is 2.73 bits per heavy atom. The molecule has 0 saturated carbocycles. The van der Waals surface area contributed by atoms with Gasteiger partial charge in [0, 0.05) is 25.4 Å². The molecule has 0 spiro atoms. The second-order valence-corrected chi connectivity index (χ2v) is 7.01. The number of hydrogen-bond donors (Lipinski definition) is 0. The molecule has 3 aromatic rings. The maximum atomic E-state index is 12.6. The van der Waals surface area contributed by atoms with E-state index in [0.717, 1.165) is 23.2 Å². The minimum atomic E-state index is 0.135. The van der Waals surface area contributed by atoms with Gasteiger partial charge in [0.2, 0.25) is 5.91 Å². The lowest BCUT2D eigenvalue weighted by atomic mass is 10.0. The van der Waals surface area contributed by atoms with Crippen molar-refractivity contribution in [2.24, 2.45) is 0 Å². The highest BCUT2D eigenvalue weighted by Gasteiger charge is 2.15. The van der Waals surface area contributed by atoms with Crippen molar-refractivity contribution in [1.29, 1.82) is 0 Å². The zero-order valence-corrected chi connectivity index (χ0v) is 15.1. The molecule has 0 unspecified atom stereocenters. The SMILES string of the molecule is CN(Cc1cnn(-c2ccccc2)c1)C(=O)Cc1ccc2c(c1)CCC2. The maximum absolute atomic E-state index is 12.6. The van der Waals surface area contributed by atoms with Crippen molar-refractivity contribution in [1.82, 2.24) is 14.7 Å². The molecule has 1 aromatic heterocycles. The van der Waals surface area contributed by atoms with Crippen LogP contribution in [-0.2, 0) is 30.6 Å². The molecular weight excluding hydrogens is 322 g/mol. The van der Waals surface area contributed by atoms with Crippen molar-refractivity contribution in [3.05, 3.63) is 83.2 Å². The number of likely N-dealkylation sites (N-methyl/N-ethyl adjacent to an activating group) is 1. The number of fused-ring (bicyclic) bond motifs is 1. The molecule has 4 heteroatoms. The van der Waals surface area contributed by atoms with Crippen LogP contribution in [-0.4, -0.2) is 27.6 Å². The molecule has 0 fully saturated rings. The number of rotatable bonds is 5. The van der Waals surface area contributed by atoms with Gasteiger partial charge in [-0.05, 0) is 48.1 Å². The number of aromatic nitrogens is 2. The normalized spacial score (nSPS) is 12.8. The molecule has 132 valence electrons. The smallest absolute Gasteiger partial charge is 0.227 e. The van der Waals surface area contributed by atoms with Crippen molar-refractivity contribution < 1.29 is 4.79 Å². The molecule has 1 aliphatic carbocycles. The summed E-state index contributed by atoms with van der Waals surface area (Å²) in [5.41, 5.74) is 6.02. The molecule has 0 aliphatic heterocycles. The number of hydrogen-bond acceptors (Lipinski definition) is 2. The van der Waals surface area contributed by atoms with E-state index in [4.69, 9.17) is 0 Å². The number of aryl methyl sites for hydroxylation is 2. The second-order valence-electron chi connectivity index (χ2n) is 7.01. The number of nitrogens with zero attached hydrogens (tertiary/aromatic N) is 3. The summed E-state index contributed by atoms with van der Waals surface area (Å²) in [6, 6.07) is 16.5. The minimum absolute atomic E-state index is 0.135. The fourth-order valence-corrected chi connectivity index (χ4v) is 3.57. The predicted molar refractivity (Wildman–Crippen MR) is 102 cm³/mol. The fourth-order valence-electron chi connectivity index (χ4n) is 3.57. The van der Waals surface area contributed by atoms with Crippen LogP contribution in [0.15, 0.2) is 60.9 Å². The molecule has 0 saturated heterocycles. The van der Waals surface area contributed by atoms with Crippen molar-refractivity contribution in [2.75, 3.05) is 7.05 Å². The lowest BCUT2D eigenvalue weighted by molar-refractivity contribution is -0.129. The Morgan fingerprint density at radius 1 is 1.08 bits per heavy atom. The first-order chi connectivity index (χ1) is 12.7. The quantitative estimate of drug-likeness (QED) is 0.709. The lowest BCUT2D eigenvalue weighted by Gasteiger charge is -2.16. The van der Waals surface area contributed by atoms with E-state index in [1.54, 1.807) is 4.90 Å². The predicted octanol–water partition coefficient (Wildman–Crippen LogP) is 3.56. The molecule has 0 N–H and O–H groups in total. The van der Waals surface area contributed by atoms with Crippen LogP contribution < -0.4 is 0 Å². The third-order valence-electron chi connectivity index (χ3n) is 5.02. The van der Waals surface area contributed by atoms with E-state index in [0.29, 0.717) is 13.0 Å². The van der Waals surface area contributed by atoms with Gasteiger partial charge in [-0.1, -0.05) is 36.4 Å². The largest absolute Gasteiger partial charge is 0.341 e. The van der Waals surface area contributed by atoms with E-state index in [1.807, 2.05) is 54.5 Å². The number of benzene rings is 2. The lowest BCUT2D eigenvalue weighted by Crippen LogP contribution is -2.27. The van der Waals surface area contributed by atoms with Gasteiger partial charge in [0.15, 0.2) is 0 Å². The van der Waals surface area contributed by atoms with Crippen LogP contribution >= 0.6 is 0 Å². The van der Waals surface area contributed by atoms with E-state index in [1.165, 1.54) is 24.0 Å². The highest BCUT2D eigenvalue weighted by Crippen LogP contribution is 2.23. The summed E-state index contributed by atoms with van der Waals surface area (Å²) in [7, 11) is 1.86. The van der Waals surface area contributed by atoms with Gasteiger partial charge in [0.1, 0.15) is 0 Å². The first-order valence-corrected chi connectivity index (χ1v) is 9.13. The van der Waals surface area contributed by atoms with E-state index < -0.39 is 0 Å². The molecule has 1 aliphatic rings. The van der Waals surface area contributed by atoms with Crippen molar-refractivity contribution in [3.63, 3.8) is 0 Å². The maximum Gasteiger partial charge on any atom is 0.227 e. The van der Waals surface area contributed by atoms with Crippen LogP contribution in [0.25, 0.3) is 5.69 Å². The summed E-state index contributed by atoms with van der Waals surface area (Å²) in [4.78, 5) is 14.4. The van der Waals surface area contributed by atoms with Crippen molar-refractivity contribution >= 4 is 5.91 Å². The highest BCUT2D eigenvalue weighted by atomic mass is 16.2. The molecule has 1 amide bonds. The Balaban J connectivity index is 1.39. The summed E-state index contributed by atoms with van der Waals surface area (Å²) < 4.78 is 1.84. The Hall–Kier alpha value is -2.88. The average molecular weight is 345 g/mol. The van der Waals surface area contributed by atoms with Gasteiger partial charge in [0.25, 0.3) is 0 Å². The highest BCUT2D eigenvalue weighted by molar-refractivity contribution is 5.78. The van der Waals surface area contributed by atoms with Crippen LogP contribution in [0.2, 0.25) is 0 Å². The molecule has 1 heterocycles. The van der Waals surface area contributed by atoms with E-state index in [9.17, 15) is 4.79 Å². The number of carbonyl (C=O) groups excluding carboxylic acids is 1. The fraction of sp³-hybridized carbons (Fsp3) is 0.273. The number of amides is 1. The first-order valence-electron chi connectivity index (χ1n) is 9.13. The summed E-state index contributed by atoms with van der Waals surface area (Å²) in [5.74, 6) is 0.135. The van der Waals surface area contributed by atoms with Gasteiger partial charge >= 0.3 is 0 Å². The summed E-state index contributed by atoms with van der Waals surface area (Å²) in [6.45, 7) is 0.566. The molecule has 4 rings (SSSR count). The second kappa shape index (κ2) is 7.16. The molecule has 26 heavy (non-hydrogen) atoms. The molecule has 2 aromatic carbocycles. The third kappa shape index (κ3) is 3.54. The standard InChI is InChI=1S/C22H23N3O/c1-24(15-18-14-23-25(16-18)21-8-3-2-4-9-21)22(26)13-17-10-11-19-6-5-7-20(19)12-17/h2-4,8-12,14,16H,5-7,13,15H2,1H3. The molecule has 0 atom stereocenters. The molecular formula is C22H23N3O. The Bertz CT molecular complexity index is 914. The molecule has 4 nitrogen and oxygen atoms in total. The van der Waals surface area contributed by atoms with Crippen LogP contribution in [0.5, 0.6) is 0 Å². The summed E-state index contributed by atoms with van der Waals surface area (Å²) in [5, 5.41) is 4.40. The van der Waals surface area contributed by atoms with Gasteiger partial charge in [-0.25, -0.2) is 4.68 Å². The Labute approximate surface area is 154 Å². The minimum Gasteiger partial charge on any atom is -0.341 e. The zero-order valence-electron chi connectivity index (χ0n) is 15.1. The van der Waals surface area contributed by atoms with E-state index in [2.05, 4.69) is 23.3 Å². The van der Waals surface area contributed by atoms with Crippen molar-refractivity contribution in [2.45, 2.75) is 32.2 Å². The summed E-state index contributed by atoms with van der Waals surface area (Å²) in [6.07, 6.45) is 7.82. The molecule has 0 bridgehead atoms. The van der Waals surface area contributed by atoms with Gasteiger partial charge in [-0.2, -0.15) is 5.10 Å². The average Bonchev–Trinajstić information content (AvgIpc) is 3.31. The zero-order chi connectivity index (χ0) is 17.9. The van der Waals surface area contributed by atoms with Crippen molar-refractivity contribution in [3.8, 4) is 5.69 Å². The topological polar surface area (TPSA) is 38.1 Å². The third-order valence-corrected chi connectivity index (χ3v) is 5.02. The Kier molecular flexibility index (Phi) is 4.57. The van der Waals surface area contributed by atoms with Crippen LogP contribution in [0.3, 0.4) is 0 Å². The summed E-state index contributed by atoms with van der Waals surface area (Å²) >= 11 is 0.